The molecule has 0 saturated heterocycles. The van der Waals surface area contributed by atoms with Crippen molar-refractivity contribution in [2.75, 3.05) is 0 Å². The Hall–Kier alpha value is -1.88. The molecule has 18 heavy (non-hydrogen) atoms. The highest BCUT2D eigenvalue weighted by Crippen LogP contribution is 2.12. The van der Waals surface area contributed by atoms with Crippen LogP contribution in [0.3, 0.4) is 0 Å². The molecule has 0 aliphatic heterocycles. The predicted octanol–water partition coefficient (Wildman–Crippen LogP) is 1.69. The molecule has 0 heterocycles. The molecule has 98 valence electrons. The fourth-order valence-electron chi connectivity index (χ4n) is 1.59. The highest BCUT2D eigenvalue weighted by atomic mass is 16.7. The van der Waals surface area contributed by atoms with E-state index in [0.717, 1.165) is 10.6 Å². The standard InChI is InChI=1S/C13H17NO4/c1-10(2)12(13(16)17)14(9-15)18-8-11-6-4-3-5-7-11/h3-7,9-10,12H,8H2,1-2H3,(H,16,17)/t12-/m0/s1. The van der Waals surface area contributed by atoms with Crippen LogP contribution in [0.25, 0.3) is 0 Å². The van der Waals surface area contributed by atoms with Gasteiger partial charge in [-0.1, -0.05) is 44.2 Å². The number of nitrogens with zero attached hydrogens (tertiary/aromatic N) is 1. The maximum absolute atomic E-state index is 11.1. The molecule has 0 aliphatic rings. The van der Waals surface area contributed by atoms with Crippen molar-refractivity contribution in [2.45, 2.75) is 26.5 Å². The predicted molar refractivity (Wildman–Crippen MR) is 65.4 cm³/mol. The molecule has 5 nitrogen and oxygen atoms in total. The zero-order chi connectivity index (χ0) is 13.5. The Bertz CT molecular complexity index is 391. The third kappa shape index (κ3) is 3.85. The maximum atomic E-state index is 11.1. The van der Waals surface area contributed by atoms with Crippen LogP contribution in [0.5, 0.6) is 0 Å². The van der Waals surface area contributed by atoms with Crippen molar-refractivity contribution in [3.63, 3.8) is 0 Å². The van der Waals surface area contributed by atoms with Crippen LogP contribution in [-0.4, -0.2) is 28.6 Å². The third-order valence-electron chi connectivity index (χ3n) is 2.49. The second-order valence-corrected chi connectivity index (χ2v) is 4.25. The van der Waals surface area contributed by atoms with Crippen LogP contribution < -0.4 is 0 Å². The molecule has 1 atom stereocenters. The molecular formula is C13H17NO4. The van der Waals surface area contributed by atoms with E-state index in [1.54, 1.807) is 13.8 Å². The number of hydrogen-bond donors (Lipinski definition) is 1. The number of hydroxylamine groups is 2. The number of carboxylic acids is 1. The minimum Gasteiger partial charge on any atom is -0.480 e. The summed E-state index contributed by atoms with van der Waals surface area (Å²) in [5.74, 6) is -1.31. The smallest absolute Gasteiger partial charge is 0.329 e. The number of carboxylic acid groups (broad SMARTS) is 1. The monoisotopic (exact) mass is 251 g/mol. The van der Waals surface area contributed by atoms with Gasteiger partial charge in [-0.2, -0.15) is 0 Å². The summed E-state index contributed by atoms with van der Waals surface area (Å²) in [5.41, 5.74) is 0.872. The van der Waals surface area contributed by atoms with Crippen LogP contribution in [0.2, 0.25) is 0 Å². The summed E-state index contributed by atoms with van der Waals surface area (Å²) in [4.78, 5) is 27.2. The number of amides is 1. The molecular weight excluding hydrogens is 234 g/mol. The first-order valence-corrected chi connectivity index (χ1v) is 5.69. The van der Waals surface area contributed by atoms with E-state index >= 15 is 0 Å². The molecule has 0 fully saturated rings. The van der Waals surface area contributed by atoms with Crippen LogP contribution in [0, 0.1) is 5.92 Å². The van der Waals surface area contributed by atoms with E-state index in [0.29, 0.717) is 6.41 Å². The molecule has 0 bridgehead atoms. The number of carbonyl (C=O) groups is 2. The topological polar surface area (TPSA) is 66.8 Å². The maximum Gasteiger partial charge on any atom is 0.329 e. The number of carbonyl (C=O) groups excluding carboxylic acids is 1. The summed E-state index contributed by atoms with van der Waals surface area (Å²) in [5, 5.41) is 9.92. The highest BCUT2D eigenvalue weighted by Gasteiger charge is 2.29. The Kier molecular flexibility index (Phi) is 5.32. The van der Waals surface area contributed by atoms with Gasteiger partial charge in [0.2, 0.25) is 6.41 Å². The third-order valence-corrected chi connectivity index (χ3v) is 2.49. The van der Waals surface area contributed by atoms with E-state index in [2.05, 4.69) is 0 Å². The number of benzene rings is 1. The lowest BCUT2D eigenvalue weighted by atomic mass is 10.1. The van der Waals surface area contributed by atoms with Gasteiger partial charge in [-0.05, 0) is 11.5 Å². The van der Waals surface area contributed by atoms with Gasteiger partial charge in [0, 0.05) is 0 Å². The van der Waals surface area contributed by atoms with E-state index in [1.807, 2.05) is 30.3 Å². The van der Waals surface area contributed by atoms with Crippen molar-refractivity contribution in [1.82, 2.24) is 5.06 Å². The minimum atomic E-state index is -1.08. The Labute approximate surface area is 106 Å². The summed E-state index contributed by atoms with van der Waals surface area (Å²) in [6.07, 6.45) is 0.404. The van der Waals surface area contributed by atoms with Gasteiger partial charge in [0.05, 0.1) is 0 Å². The lowest BCUT2D eigenvalue weighted by Gasteiger charge is -2.26. The zero-order valence-corrected chi connectivity index (χ0v) is 10.4. The second kappa shape index (κ2) is 6.76. The second-order valence-electron chi connectivity index (χ2n) is 4.25. The van der Waals surface area contributed by atoms with Gasteiger partial charge in [-0.3, -0.25) is 9.63 Å². The highest BCUT2D eigenvalue weighted by molar-refractivity contribution is 5.76. The van der Waals surface area contributed by atoms with E-state index in [-0.39, 0.29) is 12.5 Å². The molecule has 0 radical (unpaired) electrons. The Morgan fingerprint density at radius 1 is 1.39 bits per heavy atom. The number of hydrogen-bond acceptors (Lipinski definition) is 3. The SMILES string of the molecule is CC(C)[C@@H](C(=O)O)N(C=O)OCc1ccccc1. The quantitative estimate of drug-likeness (QED) is 0.591. The van der Waals surface area contributed by atoms with E-state index in [1.165, 1.54) is 0 Å². The average Bonchev–Trinajstić information content (AvgIpc) is 2.34. The van der Waals surface area contributed by atoms with E-state index in [4.69, 9.17) is 9.94 Å². The Morgan fingerprint density at radius 3 is 2.44 bits per heavy atom. The lowest BCUT2D eigenvalue weighted by Crippen LogP contribution is -2.43. The average molecular weight is 251 g/mol. The molecule has 5 heteroatoms. The van der Waals surface area contributed by atoms with Crippen LogP contribution >= 0.6 is 0 Å². The first-order chi connectivity index (χ1) is 8.56. The van der Waals surface area contributed by atoms with Crippen molar-refractivity contribution < 1.29 is 19.5 Å². The molecule has 0 aromatic heterocycles. The Morgan fingerprint density at radius 2 is 2.00 bits per heavy atom. The fourth-order valence-corrected chi connectivity index (χ4v) is 1.59. The van der Waals surface area contributed by atoms with Gasteiger partial charge in [-0.15, -0.1) is 0 Å². The zero-order valence-electron chi connectivity index (χ0n) is 10.4. The number of rotatable bonds is 7. The molecule has 1 rings (SSSR count). The first-order valence-electron chi connectivity index (χ1n) is 5.69. The summed E-state index contributed by atoms with van der Waals surface area (Å²) in [6.45, 7) is 3.61. The van der Waals surface area contributed by atoms with Crippen molar-refractivity contribution >= 4 is 12.4 Å². The molecule has 1 aromatic rings. The van der Waals surface area contributed by atoms with Crippen LogP contribution in [-0.2, 0) is 21.0 Å². The summed E-state index contributed by atoms with van der Waals surface area (Å²) in [6, 6.07) is 8.27. The normalized spacial score (nSPS) is 12.2. The number of aliphatic carboxylic acids is 1. The molecule has 1 N–H and O–H groups in total. The van der Waals surface area contributed by atoms with Crippen molar-refractivity contribution in [2.24, 2.45) is 5.92 Å². The van der Waals surface area contributed by atoms with Gasteiger partial charge < -0.3 is 5.11 Å². The van der Waals surface area contributed by atoms with Gasteiger partial charge in [0.25, 0.3) is 0 Å². The molecule has 0 saturated carbocycles. The summed E-state index contributed by atoms with van der Waals surface area (Å²) in [7, 11) is 0. The largest absolute Gasteiger partial charge is 0.480 e. The Balaban J connectivity index is 2.66. The molecule has 1 amide bonds. The fraction of sp³-hybridized carbons (Fsp3) is 0.385. The van der Waals surface area contributed by atoms with Crippen molar-refractivity contribution in [1.29, 1.82) is 0 Å². The molecule has 0 unspecified atom stereocenters. The molecule has 0 aliphatic carbocycles. The van der Waals surface area contributed by atoms with E-state index < -0.39 is 12.0 Å². The van der Waals surface area contributed by atoms with Crippen LogP contribution in [0.1, 0.15) is 19.4 Å². The first kappa shape index (κ1) is 14.2. The lowest BCUT2D eigenvalue weighted by molar-refractivity contribution is -0.205. The van der Waals surface area contributed by atoms with Crippen LogP contribution in [0.4, 0.5) is 0 Å². The summed E-state index contributed by atoms with van der Waals surface area (Å²) < 4.78 is 0. The van der Waals surface area contributed by atoms with Crippen LogP contribution in [0.15, 0.2) is 30.3 Å². The van der Waals surface area contributed by atoms with Gasteiger partial charge in [0.15, 0.2) is 6.04 Å². The van der Waals surface area contributed by atoms with Crippen molar-refractivity contribution in [3.05, 3.63) is 35.9 Å². The van der Waals surface area contributed by atoms with Crippen molar-refractivity contribution in [3.8, 4) is 0 Å². The van der Waals surface area contributed by atoms with Gasteiger partial charge in [-0.25, -0.2) is 9.86 Å². The summed E-state index contributed by atoms with van der Waals surface area (Å²) >= 11 is 0. The molecule has 1 aromatic carbocycles. The van der Waals surface area contributed by atoms with Gasteiger partial charge >= 0.3 is 5.97 Å². The minimum absolute atomic E-state index is 0.163. The van der Waals surface area contributed by atoms with Gasteiger partial charge in [0.1, 0.15) is 6.61 Å². The van der Waals surface area contributed by atoms with E-state index in [9.17, 15) is 9.59 Å². The molecule has 0 spiro atoms.